The van der Waals surface area contributed by atoms with Crippen LogP contribution < -0.4 is 5.56 Å². The molecule has 0 saturated heterocycles. The number of rotatable bonds is 1. The van der Waals surface area contributed by atoms with Crippen LogP contribution in [0.1, 0.15) is 5.56 Å². The second-order valence-corrected chi connectivity index (χ2v) is 4.49. The van der Waals surface area contributed by atoms with Crippen LogP contribution in [0.2, 0.25) is 0 Å². The maximum Gasteiger partial charge on any atom is 0.417 e. The van der Waals surface area contributed by atoms with Crippen LogP contribution in [-0.2, 0) is 6.18 Å². The maximum atomic E-state index is 13.1. The van der Waals surface area contributed by atoms with Crippen molar-refractivity contribution >= 4 is 10.8 Å². The highest BCUT2D eigenvalue weighted by Crippen LogP contribution is 2.37. The molecule has 0 spiro atoms. The third-order valence-electron chi connectivity index (χ3n) is 3.18. The van der Waals surface area contributed by atoms with E-state index in [-0.39, 0.29) is 11.3 Å². The first-order chi connectivity index (χ1) is 9.98. The lowest BCUT2D eigenvalue weighted by Gasteiger charge is -2.13. The number of nitrogens with one attached hydrogen (secondary N) is 1. The number of halogens is 3. The quantitative estimate of drug-likeness (QED) is 0.744. The second kappa shape index (κ2) is 4.73. The Bertz CT molecular complexity index is 868. The number of hydrogen-bond donors (Lipinski definition) is 1. The first-order valence-corrected chi connectivity index (χ1v) is 6.12. The van der Waals surface area contributed by atoms with Gasteiger partial charge in [0.05, 0.1) is 16.6 Å². The molecule has 3 nitrogen and oxygen atoms in total. The number of H-pyrrole nitrogens is 1. The third kappa shape index (κ3) is 2.29. The lowest BCUT2D eigenvalue weighted by atomic mass is 10.00. The van der Waals surface area contributed by atoms with Crippen molar-refractivity contribution in [1.29, 1.82) is 0 Å². The molecule has 0 radical (unpaired) electrons. The van der Waals surface area contributed by atoms with Crippen molar-refractivity contribution in [2.24, 2.45) is 0 Å². The molecule has 0 aliphatic heterocycles. The largest absolute Gasteiger partial charge is 0.417 e. The lowest BCUT2D eigenvalue weighted by molar-refractivity contribution is -0.137. The van der Waals surface area contributed by atoms with Crippen LogP contribution in [0.3, 0.4) is 0 Å². The van der Waals surface area contributed by atoms with E-state index in [1.165, 1.54) is 18.2 Å². The van der Waals surface area contributed by atoms with Gasteiger partial charge < -0.3 is 0 Å². The van der Waals surface area contributed by atoms with E-state index in [1.54, 1.807) is 24.3 Å². The molecule has 0 aliphatic rings. The Balaban J connectivity index is 2.38. The minimum atomic E-state index is -4.49. The summed E-state index contributed by atoms with van der Waals surface area (Å²) >= 11 is 0. The molecule has 1 aromatic heterocycles. The average molecular weight is 290 g/mol. The van der Waals surface area contributed by atoms with Crippen LogP contribution in [0, 0.1) is 0 Å². The minimum absolute atomic E-state index is 0.0579. The number of fused-ring (bicyclic) bond motifs is 1. The number of hydrogen-bond acceptors (Lipinski definition) is 2. The molecule has 0 bridgehead atoms. The normalized spacial score (nSPS) is 11.8. The monoisotopic (exact) mass is 290 g/mol. The first kappa shape index (κ1) is 13.4. The van der Waals surface area contributed by atoms with Gasteiger partial charge in [-0.1, -0.05) is 36.4 Å². The summed E-state index contributed by atoms with van der Waals surface area (Å²) in [6.07, 6.45) is -4.49. The van der Waals surface area contributed by atoms with Gasteiger partial charge in [0.2, 0.25) is 0 Å². The maximum absolute atomic E-state index is 13.1. The van der Waals surface area contributed by atoms with Crippen LogP contribution in [0.4, 0.5) is 13.2 Å². The third-order valence-corrected chi connectivity index (χ3v) is 3.18. The number of nitrogens with zero attached hydrogens (tertiary/aromatic N) is 1. The van der Waals surface area contributed by atoms with Crippen molar-refractivity contribution in [3.05, 3.63) is 64.4 Å². The minimum Gasteiger partial charge on any atom is -0.267 e. The summed E-state index contributed by atoms with van der Waals surface area (Å²) < 4.78 is 39.3. The van der Waals surface area contributed by atoms with Crippen LogP contribution in [0.5, 0.6) is 0 Å². The van der Waals surface area contributed by atoms with Crippen LogP contribution >= 0.6 is 0 Å². The molecule has 1 heterocycles. The fourth-order valence-electron chi connectivity index (χ4n) is 2.26. The van der Waals surface area contributed by atoms with E-state index in [2.05, 4.69) is 10.2 Å². The fraction of sp³-hybridized carbons (Fsp3) is 0.0667. The molecule has 3 rings (SSSR count). The van der Waals surface area contributed by atoms with E-state index in [4.69, 9.17) is 0 Å². The fourth-order valence-corrected chi connectivity index (χ4v) is 2.26. The van der Waals surface area contributed by atoms with Gasteiger partial charge in [-0.3, -0.25) is 4.79 Å². The number of aromatic amines is 1. The molecule has 0 amide bonds. The van der Waals surface area contributed by atoms with Gasteiger partial charge >= 0.3 is 6.18 Å². The molecular formula is C15H9F3N2O. The SMILES string of the molecule is O=c1[nH]nc(-c2ccccc2C(F)(F)F)c2ccccc12. The van der Waals surface area contributed by atoms with Crippen LogP contribution in [0.15, 0.2) is 53.3 Å². The molecule has 0 saturated carbocycles. The van der Waals surface area contributed by atoms with Crippen LogP contribution in [-0.4, -0.2) is 10.2 Å². The molecule has 0 fully saturated rings. The molecule has 2 aromatic carbocycles. The highest BCUT2D eigenvalue weighted by Gasteiger charge is 2.34. The van der Waals surface area contributed by atoms with Crippen LogP contribution in [0.25, 0.3) is 22.0 Å². The number of alkyl halides is 3. The van der Waals surface area contributed by atoms with Crippen molar-refractivity contribution in [3.8, 4) is 11.3 Å². The zero-order chi connectivity index (χ0) is 15.0. The lowest BCUT2D eigenvalue weighted by Crippen LogP contribution is -2.12. The molecule has 106 valence electrons. The summed E-state index contributed by atoms with van der Waals surface area (Å²) in [7, 11) is 0. The van der Waals surface area contributed by atoms with Crippen molar-refractivity contribution in [3.63, 3.8) is 0 Å². The Kier molecular flexibility index (Phi) is 3.01. The van der Waals surface area contributed by atoms with E-state index < -0.39 is 17.3 Å². The highest BCUT2D eigenvalue weighted by molar-refractivity contribution is 5.94. The average Bonchev–Trinajstić information content (AvgIpc) is 2.47. The summed E-state index contributed by atoms with van der Waals surface area (Å²) in [5.41, 5.74) is -1.16. The topological polar surface area (TPSA) is 45.8 Å². The van der Waals surface area contributed by atoms with Gasteiger partial charge in [0.1, 0.15) is 0 Å². The van der Waals surface area contributed by atoms with E-state index in [0.29, 0.717) is 10.8 Å². The van der Waals surface area contributed by atoms with Crippen molar-refractivity contribution in [2.75, 3.05) is 0 Å². The molecule has 1 N–H and O–H groups in total. The molecule has 6 heteroatoms. The van der Waals surface area contributed by atoms with Crippen molar-refractivity contribution in [1.82, 2.24) is 10.2 Å². The Morgan fingerprint density at radius 1 is 0.905 bits per heavy atom. The van der Waals surface area contributed by atoms with Crippen molar-refractivity contribution in [2.45, 2.75) is 6.18 Å². The van der Waals surface area contributed by atoms with Gasteiger partial charge in [-0.15, -0.1) is 0 Å². The summed E-state index contributed by atoms with van der Waals surface area (Å²) in [5.74, 6) is 0. The van der Waals surface area contributed by atoms with E-state index in [1.807, 2.05) is 0 Å². The molecule has 21 heavy (non-hydrogen) atoms. The summed E-state index contributed by atoms with van der Waals surface area (Å²) in [4.78, 5) is 11.7. The molecule has 0 aliphatic carbocycles. The van der Waals surface area contributed by atoms with E-state index in [0.717, 1.165) is 6.07 Å². The zero-order valence-corrected chi connectivity index (χ0v) is 10.6. The molecular weight excluding hydrogens is 281 g/mol. The first-order valence-electron chi connectivity index (χ1n) is 6.12. The predicted molar refractivity (Wildman–Crippen MR) is 72.8 cm³/mol. The predicted octanol–water partition coefficient (Wildman–Crippen LogP) is 3.61. The van der Waals surface area contributed by atoms with E-state index in [9.17, 15) is 18.0 Å². The standard InChI is InChI=1S/C15H9F3N2O/c16-15(17,18)12-8-4-3-7-11(12)13-9-5-1-2-6-10(9)14(21)20-19-13/h1-8H,(H,20,21). The Hall–Kier alpha value is -2.63. The van der Waals surface area contributed by atoms with Gasteiger partial charge in [-0.05, 0) is 12.1 Å². The summed E-state index contributed by atoms with van der Waals surface area (Å²) in [6.45, 7) is 0. The molecule has 0 unspecified atom stereocenters. The number of benzene rings is 2. The smallest absolute Gasteiger partial charge is 0.267 e. The van der Waals surface area contributed by atoms with E-state index >= 15 is 0 Å². The summed E-state index contributed by atoms with van der Waals surface area (Å²) in [5, 5.41) is 6.75. The Labute approximate surface area is 117 Å². The van der Waals surface area contributed by atoms with Gasteiger partial charge in [0.25, 0.3) is 5.56 Å². The molecule has 0 atom stereocenters. The Morgan fingerprint density at radius 2 is 1.52 bits per heavy atom. The van der Waals surface area contributed by atoms with Gasteiger partial charge in [-0.2, -0.15) is 18.3 Å². The zero-order valence-electron chi connectivity index (χ0n) is 10.6. The Morgan fingerprint density at radius 3 is 2.24 bits per heavy atom. The van der Waals surface area contributed by atoms with Crippen molar-refractivity contribution < 1.29 is 13.2 Å². The number of aromatic nitrogens is 2. The second-order valence-electron chi connectivity index (χ2n) is 4.49. The molecule has 3 aromatic rings. The van der Waals surface area contributed by atoms with Gasteiger partial charge in [0, 0.05) is 10.9 Å². The van der Waals surface area contributed by atoms with Gasteiger partial charge in [-0.25, -0.2) is 5.10 Å². The summed E-state index contributed by atoms with van der Waals surface area (Å²) in [6, 6.07) is 11.6. The highest BCUT2D eigenvalue weighted by atomic mass is 19.4. The van der Waals surface area contributed by atoms with Gasteiger partial charge in [0.15, 0.2) is 0 Å².